The van der Waals surface area contributed by atoms with Crippen LogP contribution in [0.25, 0.3) is 0 Å². The molecule has 23 heavy (non-hydrogen) atoms. The van der Waals surface area contributed by atoms with Crippen LogP contribution in [0.2, 0.25) is 0 Å². The Hall–Kier alpha value is -0.440. The Morgan fingerprint density at radius 3 is 2.43 bits per heavy atom. The number of guanidine groups is 1. The predicted octanol–water partition coefficient (Wildman–Crippen LogP) is 2.89. The largest absolute Gasteiger partial charge is 0.357 e. The summed E-state index contributed by atoms with van der Waals surface area (Å²) in [5, 5.41) is 11.2. The molecule has 0 unspecified atom stereocenters. The van der Waals surface area contributed by atoms with Gasteiger partial charge in [-0.25, -0.2) is 0 Å². The Kier molecular flexibility index (Phi) is 10.2. The highest BCUT2D eigenvalue weighted by Gasteiger charge is 2.15. The van der Waals surface area contributed by atoms with Crippen molar-refractivity contribution in [3.8, 4) is 0 Å². The van der Waals surface area contributed by atoms with Crippen LogP contribution < -0.4 is 10.6 Å². The van der Waals surface area contributed by atoms with Gasteiger partial charge in [0.1, 0.15) is 0 Å². The molecule has 7 heteroatoms. The maximum atomic E-state index is 4.69. The molecule has 0 spiro atoms. The first kappa shape index (κ1) is 22.6. The number of aromatic nitrogens is 2. The molecule has 0 amide bonds. The van der Waals surface area contributed by atoms with E-state index in [1.807, 2.05) is 23.5 Å². The highest BCUT2D eigenvalue weighted by Crippen LogP contribution is 2.20. The fourth-order valence-corrected chi connectivity index (χ4v) is 2.35. The van der Waals surface area contributed by atoms with Crippen molar-refractivity contribution in [2.24, 2.45) is 12.0 Å². The molecule has 0 aliphatic rings. The number of aryl methyl sites for hydroxylation is 2. The molecule has 0 bridgehead atoms. The Balaban J connectivity index is 0.00000484. The van der Waals surface area contributed by atoms with Gasteiger partial charge in [-0.2, -0.15) is 16.9 Å². The molecule has 1 heterocycles. The molecule has 5 nitrogen and oxygen atoms in total. The predicted molar refractivity (Wildman–Crippen MR) is 113 cm³/mol. The Bertz CT molecular complexity index is 511. The van der Waals surface area contributed by atoms with Gasteiger partial charge in [0.25, 0.3) is 0 Å². The topological polar surface area (TPSA) is 54.2 Å². The van der Waals surface area contributed by atoms with E-state index < -0.39 is 0 Å². The van der Waals surface area contributed by atoms with E-state index in [0.717, 1.165) is 37.7 Å². The van der Waals surface area contributed by atoms with Crippen molar-refractivity contribution in [3.05, 3.63) is 17.0 Å². The van der Waals surface area contributed by atoms with E-state index in [0.29, 0.717) is 0 Å². The van der Waals surface area contributed by atoms with Crippen molar-refractivity contribution in [2.45, 2.75) is 45.8 Å². The number of hydrogen-bond donors (Lipinski definition) is 2. The number of rotatable bonds is 7. The molecule has 1 aromatic heterocycles. The first-order chi connectivity index (χ1) is 10.3. The molecule has 1 rings (SSSR count). The summed E-state index contributed by atoms with van der Waals surface area (Å²) in [5.74, 6) is 0.892. The average molecular weight is 453 g/mol. The molecular weight excluding hydrogens is 421 g/mol. The van der Waals surface area contributed by atoms with E-state index in [2.05, 4.69) is 61.6 Å². The van der Waals surface area contributed by atoms with Gasteiger partial charge in [0, 0.05) is 30.6 Å². The molecule has 0 aromatic carbocycles. The zero-order chi connectivity index (χ0) is 16.8. The summed E-state index contributed by atoms with van der Waals surface area (Å²) in [5.41, 5.74) is 3.69. The summed E-state index contributed by atoms with van der Waals surface area (Å²) in [6.45, 7) is 13.2. The van der Waals surface area contributed by atoms with Gasteiger partial charge in [0.15, 0.2) is 5.96 Å². The standard InChI is InChI=1S/C16H31N5S.HI/c1-8-17-15(19-11-16(4,5)22-7)18-10-9-14-12(2)20-21(6)13(14)3;/h8-11H2,1-7H3,(H2,17,18,19);1H. The lowest BCUT2D eigenvalue weighted by Crippen LogP contribution is -2.39. The van der Waals surface area contributed by atoms with E-state index in [-0.39, 0.29) is 28.7 Å². The Labute approximate surface area is 162 Å². The number of hydrogen-bond acceptors (Lipinski definition) is 3. The van der Waals surface area contributed by atoms with Crippen molar-refractivity contribution in [1.82, 2.24) is 20.4 Å². The van der Waals surface area contributed by atoms with Crippen LogP contribution in [0.4, 0.5) is 0 Å². The van der Waals surface area contributed by atoms with Crippen molar-refractivity contribution in [3.63, 3.8) is 0 Å². The third-order valence-electron chi connectivity index (χ3n) is 3.84. The Morgan fingerprint density at radius 2 is 1.96 bits per heavy atom. The molecular formula is C16H32IN5S. The van der Waals surface area contributed by atoms with E-state index in [1.165, 1.54) is 11.3 Å². The van der Waals surface area contributed by atoms with Crippen LogP contribution in [-0.2, 0) is 13.5 Å². The van der Waals surface area contributed by atoms with Crippen LogP contribution >= 0.6 is 35.7 Å². The summed E-state index contributed by atoms with van der Waals surface area (Å²) in [6.07, 6.45) is 3.09. The van der Waals surface area contributed by atoms with Crippen LogP contribution in [0, 0.1) is 13.8 Å². The molecule has 2 N–H and O–H groups in total. The van der Waals surface area contributed by atoms with Gasteiger partial charge in [0.05, 0.1) is 12.2 Å². The van der Waals surface area contributed by atoms with Crippen molar-refractivity contribution >= 4 is 41.7 Å². The van der Waals surface area contributed by atoms with Crippen LogP contribution in [0.15, 0.2) is 4.99 Å². The highest BCUT2D eigenvalue weighted by atomic mass is 127. The molecule has 0 saturated carbocycles. The van der Waals surface area contributed by atoms with E-state index in [4.69, 9.17) is 0 Å². The van der Waals surface area contributed by atoms with Crippen molar-refractivity contribution in [1.29, 1.82) is 0 Å². The minimum absolute atomic E-state index is 0. The third-order valence-corrected chi connectivity index (χ3v) is 5.08. The highest BCUT2D eigenvalue weighted by molar-refractivity contribution is 14.0. The van der Waals surface area contributed by atoms with Gasteiger partial charge in [-0.15, -0.1) is 24.0 Å². The maximum Gasteiger partial charge on any atom is 0.191 e. The van der Waals surface area contributed by atoms with Crippen LogP contribution in [0.3, 0.4) is 0 Å². The fraction of sp³-hybridized carbons (Fsp3) is 0.750. The smallest absolute Gasteiger partial charge is 0.191 e. The van der Waals surface area contributed by atoms with E-state index in [9.17, 15) is 0 Å². The second-order valence-corrected chi connectivity index (χ2v) is 7.62. The molecule has 0 aliphatic heterocycles. The zero-order valence-corrected chi connectivity index (χ0v) is 18.6. The molecule has 0 saturated heterocycles. The second kappa shape index (κ2) is 10.4. The number of nitrogens with zero attached hydrogens (tertiary/aromatic N) is 3. The summed E-state index contributed by atoms with van der Waals surface area (Å²) in [4.78, 5) is 4.69. The number of nitrogens with one attached hydrogen (secondary N) is 2. The van der Waals surface area contributed by atoms with Crippen LogP contribution in [0.1, 0.15) is 37.7 Å². The number of thioether (sulfide) groups is 1. The van der Waals surface area contributed by atoms with Gasteiger partial charge in [-0.05, 0) is 52.9 Å². The number of halogens is 1. The molecule has 134 valence electrons. The lowest BCUT2D eigenvalue weighted by atomic mass is 10.1. The van der Waals surface area contributed by atoms with Crippen molar-refractivity contribution in [2.75, 3.05) is 25.9 Å². The molecule has 0 atom stereocenters. The lowest BCUT2D eigenvalue weighted by molar-refractivity contribution is 0.709. The SMILES string of the molecule is CCNC(=NCC(C)(C)SC)NCCc1c(C)nn(C)c1C.I. The molecule has 0 radical (unpaired) electrons. The quantitative estimate of drug-likeness (QED) is 0.379. The zero-order valence-electron chi connectivity index (χ0n) is 15.5. The van der Waals surface area contributed by atoms with E-state index >= 15 is 0 Å². The molecule has 0 aliphatic carbocycles. The lowest BCUT2D eigenvalue weighted by Gasteiger charge is -2.20. The maximum absolute atomic E-state index is 4.69. The van der Waals surface area contributed by atoms with Gasteiger partial charge in [-0.1, -0.05) is 0 Å². The summed E-state index contributed by atoms with van der Waals surface area (Å²) >= 11 is 1.84. The first-order valence-electron chi connectivity index (χ1n) is 7.87. The van der Waals surface area contributed by atoms with E-state index in [1.54, 1.807) is 0 Å². The van der Waals surface area contributed by atoms with Gasteiger partial charge >= 0.3 is 0 Å². The number of aliphatic imine (C=N–C) groups is 1. The molecule has 0 fully saturated rings. The Morgan fingerprint density at radius 1 is 1.30 bits per heavy atom. The fourth-order valence-electron chi connectivity index (χ4n) is 2.16. The van der Waals surface area contributed by atoms with Gasteiger partial charge in [0.2, 0.25) is 0 Å². The average Bonchev–Trinajstić information content (AvgIpc) is 2.71. The van der Waals surface area contributed by atoms with Crippen molar-refractivity contribution < 1.29 is 0 Å². The minimum Gasteiger partial charge on any atom is -0.357 e. The van der Waals surface area contributed by atoms with Crippen LogP contribution in [-0.4, -0.2) is 46.4 Å². The summed E-state index contributed by atoms with van der Waals surface area (Å²) in [6, 6.07) is 0. The summed E-state index contributed by atoms with van der Waals surface area (Å²) in [7, 11) is 2.00. The monoisotopic (exact) mass is 453 g/mol. The minimum atomic E-state index is 0. The van der Waals surface area contributed by atoms with Gasteiger partial charge in [-0.3, -0.25) is 9.67 Å². The van der Waals surface area contributed by atoms with Crippen LogP contribution in [0.5, 0.6) is 0 Å². The third kappa shape index (κ3) is 7.32. The van der Waals surface area contributed by atoms with Gasteiger partial charge < -0.3 is 10.6 Å². The molecule has 1 aromatic rings. The normalized spacial score (nSPS) is 12.0. The second-order valence-electron chi connectivity index (χ2n) is 6.11. The first-order valence-corrected chi connectivity index (χ1v) is 9.09. The summed E-state index contributed by atoms with van der Waals surface area (Å²) < 4.78 is 2.11.